The maximum Gasteiger partial charge on any atom is 0.224 e. The molecule has 0 aliphatic rings. The molecule has 2 atom stereocenters. The number of hydrogen-bond donors (Lipinski definition) is 2. The number of carbonyl (C=O) groups is 1. The number of nitrogens with one attached hydrogen (secondary N) is 1. The Hall–Kier alpha value is -2.53. The lowest BCUT2D eigenvalue weighted by atomic mass is 9.96. The van der Waals surface area contributed by atoms with Gasteiger partial charge in [0.1, 0.15) is 11.5 Å². The van der Waals surface area contributed by atoms with E-state index in [1.54, 1.807) is 32.4 Å². The Morgan fingerprint density at radius 1 is 1.11 bits per heavy atom. The van der Waals surface area contributed by atoms with Gasteiger partial charge in [-0.2, -0.15) is 0 Å². The number of amides is 1. The first-order valence-electron chi connectivity index (χ1n) is 9.28. The van der Waals surface area contributed by atoms with Crippen LogP contribution in [0, 0.1) is 0 Å². The lowest BCUT2D eigenvalue weighted by molar-refractivity contribution is -0.116. The maximum atomic E-state index is 12.4. The Kier molecular flexibility index (Phi) is 7.67. The van der Waals surface area contributed by atoms with Crippen LogP contribution in [0.5, 0.6) is 11.5 Å². The number of aliphatic hydroxyl groups is 1. The number of rotatable bonds is 9. The van der Waals surface area contributed by atoms with E-state index < -0.39 is 6.10 Å². The summed E-state index contributed by atoms with van der Waals surface area (Å²) in [6, 6.07) is 13.1. The summed E-state index contributed by atoms with van der Waals surface area (Å²) in [6.07, 6.45) is 0.732. The fourth-order valence-corrected chi connectivity index (χ4v) is 2.99. The van der Waals surface area contributed by atoms with E-state index in [1.165, 1.54) is 0 Å². The zero-order valence-corrected chi connectivity index (χ0v) is 16.5. The van der Waals surface area contributed by atoms with Crippen molar-refractivity contribution in [1.29, 1.82) is 0 Å². The number of para-hydroxylation sites is 1. The molecular weight excluding hydrogens is 342 g/mol. The molecule has 2 unspecified atom stereocenters. The van der Waals surface area contributed by atoms with E-state index in [4.69, 9.17) is 9.47 Å². The summed E-state index contributed by atoms with van der Waals surface area (Å²) >= 11 is 0. The molecule has 2 aromatic rings. The molecule has 0 aliphatic heterocycles. The summed E-state index contributed by atoms with van der Waals surface area (Å²) in [5.41, 5.74) is 2.62. The Balaban J connectivity index is 2.00. The van der Waals surface area contributed by atoms with Crippen LogP contribution in [0.2, 0.25) is 0 Å². The second-order valence-electron chi connectivity index (χ2n) is 6.61. The van der Waals surface area contributed by atoms with Crippen LogP contribution in [0.3, 0.4) is 0 Å². The third-order valence-corrected chi connectivity index (χ3v) is 4.82. The summed E-state index contributed by atoms with van der Waals surface area (Å²) in [6.45, 7) is 4.27. The Morgan fingerprint density at radius 3 is 2.52 bits per heavy atom. The first kappa shape index (κ1) is 20.8. The largest absolute Gasteiger partial charge is 0.497 e. The predicted octanol–water partition coefficient (Wildman–Crippen LogP) is 4.67. The van der Waals surface area contributed by atoms with E-state index in [0.29, 0.717) is 29.4 Å². The Labute approximate surface area is 161 Å². The minimum Gasteiger partial charge on any atom is -0.497 e. The number of benzene rings is 2. The van der Waals surface area contributed by atoms with Gasteiger partial charge in [-0.3, -0.25) is 4.79 Å². The van der Waals surface area contributed by atoms with Gasteiger partial charge in [0.25, 0.3) is 0 Å². The molecule has 1 amide bonds. The average molecular weight is 371 g/mol. The highest BCUT2D eigenvalue weighted by atomic mass is 16.5. The molecule has 0 fully saturated rings. The summed E-state index contributed by atoms with van der Waals surface area (Å²) in [4.78, 5) is 12.4. The van der Waals surface area contributed by atoms with Crippen molar-refractivity contribution in [1.82, 2.24) is 0 Å². The third kappa shape index (κ3) is 5.47. The molecule has 0 spiro atoms. The monoisotopic (exact) mass is 371 g/mol. The topological polar surface area (TPSA) is 67.8 Å². The molecule has 2 rings (SSSR count). The van der Waals surface area contributed by atoms with Gasteiger partial charge in [0.05, 0.1) is 20.3 Å². The van der Waals surface area contributed by atoms with E-state index >= 15 is 0 Å². The molecule has 0 radical (unpaired) electrons. The van der Waals surface area contributed by atoms with Crippen LogP contribution in [0.1, 0.15) is 56.3 Å². The fraction of sp³-hybridized carbons (Fsp3) is 0.409. The zero-order chi connectivity index (χ0) is 19.8. The van der Waals surface area contributed by atoms with Gasteiger partial charge in [-0.1, -0.05) is 32.0 Å². The van der Waals surface area contributed by atoms with Crippen LogP contribution >= 0.6 is 0 Å². The molecular formula is C22H29NO4. The molecule has 0 saturated carbocycles. The Morgan fingerprint density at radius 2 is 1.85 bits per heavy atom. The lowest BCUT2D eigenvalue weighted by Crippen LogP contribution is -2.15. The minimum atomic E-state index is -0.790. The lowest BCUT2D eigenvalue weighted by Gasteiger charge is -2.17. The first-order chi connectivity index (χ1) is 13.0. The van der Waals surface area contributed by atoms with Crippen LogP contribution in [-0.4, -0.2) is 25.2 Å². The van der Waals surface area contributed by atoms with Crippen LogP contribution < -0.4 is 14.8 Å². The highest BCUT2D eigenvalue weighted by Gasteiger charge is 2.17. The SMILES string of the molecule is CCC(C)c1ccccc1NC(=O)CCC(O)c1ccc(OC)cc1OC. The maximum absolute atomic E-state index is 12.4. The standard InChI is InChI=1S/C22H29NO4/c1-5-15(2)17-8-6-7-9-19(17)23-22(25)13-12-20(24)18-11-10-16(26-3)14-21(18)27-4/h6-11,14-15,20,24H,5,12-13H2,1-4H3,(H,23,25). The summed E-state index contributed by atoms with van der Waals surface area (Å²) < 4.78 is 10.5. The summed E-state index contributed by atoms with van der Waals surface area (Å²) in [5, 5.41) is 13.5. The minimum absolute atomic E-state index is 0.114. The number of carbonyl (C=O) groups excluding carboxylic acids is 1. The molecule has 0 bridgehead atoms. The van der Waals surface area contributed by atoms with Gasteiger partial charge in [0.2, 0.25) is 5.91 Å². The van der Waals surface area contributed by atoms with E-state index in [2.05, 4.69) is 19.2 Å². The second-order valence-corrected chi connectivity index (χ2v) is 6.61. The van der Waals surface area contributed by atoms with Crippen LogP contribution in [-0.2, 0) is 4.79 Å². The zero-order valence-electron chi connectivity index (χ0n) is 16.5. The van der Waals surface area contributed by atoms with Crippen LogP contribution in [0.15, 0.2) is 42.5 Å². The van der Waals surface area contributed by atoms with Gasteiger partial charge in [-0.15, -0.1) is 0 Å². The first-order valence-corrected chi connectivity index (χ1v) is 9.28. The number of hydrogen-bond acceptors (Lipinski definition) is 4. The van der Waals surface area contributed by atoms with Crippen molar-refractivity contribution in [2.24, 2.45) is 0 Å². The van der Waals surface area contributed by atoms with Gasteiger partial charge in [-0.25, -0.2) is 0 Å². The fourth-order valence-electron chi connectivity index (χ4n) is 2.99. The Bertz CT molecular complexity index is 760. The molecule has 27 heavy (non-hydrogen) atoms. The highest BCUT2D eigenvalue weighted by Crippen LogP contribution is 2.32. The van der Waals surface area contributed by atoms with Crippen molar-refractivity contribution in [2.75, 3.05) is 19.5 Å². The normalized spacial score (nSPS) is 12.9. The van der Waals surface area contributed by atoms with Gasteiger partial charge in [0.15, 0.2) is 0 Å². The molecule has 5 nitrogen and oxygen atoms in total. The molecule has 0 aliphatic carbocycles. The average Bonchev–Trinajstić information content (AvgIpc) is 2.71. The van der Waals surface area contributed by atoms with Crippen LogP contribution in [0.25, 0.3) is 0 Å². The quantitative estimate of drug-likeness (QED) is 0.672. The molecule has 5 heteroatoms. The number of methoxy groups -OCH3 is 2. The summed E-state index contributed by atoms with van der Waals surface area (Å²) in [7, 11) is 3.12. The van der Waals surface area contributed by atoms with E-state index in [1.807, 2.05) is 24.3 Å². The third-order valence-electron chi connectivity index (χ3n) is 4.82. The van der Waals surface area contributed by atoms with Crippen molar-refractivity contribution in [3.8, 4) is 11.5 Å². The van der Waals surface area contributed by atoms with E-state index in [9.17, 15) is 9.90 Å². The van der Waals surface area contributed by atoms with Crippen molar-refractivity contribution in [3.63, 3.8) is 0 Å². The van der Waals surface area contributed by atoms with Gasteiger partial charge < -0.3 is 19.9 Å². The molecule has 0 heterocycles. The van der Waals surface area contributed by atoms with E-state index in [-0.39, 0.29) is 12.3 Å². The van der Waals surface area contributed by atoms with Crippen molar-refractivity contribution in [3.05, 3.63) is 53.6 Å². The van der Waals surface area contributed by atoms with Crippen molar-refractivity contribution < 1.29 is 19.4 Å². The molecule has 2 N–H and O–H groups in total. The van der Waals surface area contributed by atoms with Crippen LogP contribution in [0.4, 0.5) is 5.69 Å². The molecule has 2 aromatic carbocycles. The second kappa shape index (κ2) is 9.97. The predicted molar refractivity (Wildman–Crippen MR) is 108 cm³/mol. The van der Waals surface area contributed by atoms with E-state index in [0.717, 1.165) is 17.7 Å². The van der Waals surface area contributed by atoms with Gasteiger partial charge in [0, 0.05) is 23.7 Å². The molecule has 0 aromatic heterocycles. The van der Waals surface area contributed by atoms with Gasteiger partial charge in [-0.05, 0) is 42.5 Å². The highest BCUT2D eigenvalue weighted by molar-refractivity contribution is 5.91. The van der Waals surface area contributed by atoms with Crippen molar-refractivity contribution >= 4 is 11.6 Å². The number of aliphatic hydroxyl groups excluding tert-OH is 1. The molecule has 0 saturated heterocycles. The number of ether oxygens (including phenoxy) is 2. The summed E-state index contributed by atoms with van der Waals surface area (Å²) in [5.74, 6) is 1.46. The molecule has 146 valence electrons. The van der Waals surface area contributed by atoms with Crippen molar-refractivity contribution in [2.45, 2.75) is 45.1 Å². The smallest absolute Gasteiger partial charge is 0.224 e. The number of anilines is 1. The van der Waals surface area contributed by atoms with Gasteiger partial charge >= 0.3 is 0 Å².